The molecular formula is C7H13NOS. The second-order valence-corrected chi connectivity index (χ2v) is 5.01. The third-order valence-corrected chi connectivity index (χ3v) is 4.17. The molecule has 0 radical (unpaired) electrons. The molecule has 3 atom stereocenters. The molecule has 0 aromatic rings. The summed E-state index contributed by atoms with van der Waals surface area (Å²) in [5, 5.41) is 0. The van der Waals surface area contributed by atoms with E-state index in [0.29, 0.717) is 6.04 Å². The summed E-state index contributed by atoms with van der Waals surface area (Å²) < 4.78 is 11.2. The van der Waals surface area contributed by atoms with Crippen LogP contribution in [0.4, 0.5) is 0 Å². The van der Waals surface area contributed by atoms with Crippen LogP contribution < -0.4 is 0 Å². The van der Waals surface area contributed by atoms with Gasteiger partial charge in [0.2, 0.25) is 0 Å². The lowest BCUT2D eigenvalue weighted by Gasteiger charge is -2.19. The molecule has 3 heteroatoms. The third kappa shape index (κ3) is 1.01. The largest absolute Gasteiger partial charge is 0.302 e. The standard InChI is InChI=1S/C7H13NOS/c1-8-3-6-2-7(8)5-10(9)4-6/h6-7H,2-5H2,1H3. The fourth-order valence-corrected chi connectivity index (χ4v) is 3.78. The Hall–Kier alpha value is 0.110. The van der Waals surface area contributed by atoms with Crippen LogP contribution in [0, 0.1) is 5.92 Å². The van der Waals surface area contributed by atoms with E-state index in [1.807, 2.05) is 0 Å². The Morgan fingerprint density at radius 2 is 2.30 bits per heavy atom. The topological polar surface area (TPSA) is 20.3 Å². The van der Waals surface area contributed by atoms with Crippen molar-refractivity contribution in [2.24, 2.45) is 5.92 Å². The molecule has 2 aliphatic rings. The predicted octanol–water partition coefficient (Wildman–Crippen LogP) is 0.0690. The van der Waals surface area contributed by atoms with Gasteiger partial charge in [-0.15, -0.1) is 0 Å². The first kappa shape index (κ1) is 6.80. The number of hydrogen-bond acceptors (Lipinski definition) is 2. The predicted molar refractivity (Wildman–Crippen MR) is 42.4 cm³/mol. The summed E-state index contributed by atoms with van der Waals surface area (Å²) in [7, 11) is 1.65. The van der Waals surface area contributed by atoms with E-state index in [4.69, 9.17) is 0 Å². The zero-order chi connectivity index (χ0) is 7.14. The molecule has 0 aromatic heterocycles. The lowest BCUT2D eigenvalue weighted by atomic mass is 10.1. The molecule has 2 heterocycles. The third-order valence-electron chi connectivity index (χ3n) is 2.57. The van der Waals surface area contributed by atoms with Crippen LogP contribution >= 0.6 is 0 Å². The molecule has 0 aliphatic carbocycles. The zero-order valence-corrected chi connectivity index (χ0v) is 7.06. The Kier molecular flexibility index (Phi) is 1.57. The fourth-order valence-electron chi connectivity index (χ4n) is 2.06. The Balaban J connectivity index is 2.13. The van der Waals surface area contributed by atoms with Gasteiger partial charge in [0.15, 0.2) is 0 Å². The smallest absolute Gasteiger partial charge is 0.0391 e. The maximum atomic E-state index is 11.2. The summed E-state index contributed by atoms with van der Waals surface area (Å²) in [5.41, 5.74) is 0. The van der Waals surface area contributed by atoms with Crippen molar-refractivity contribution < 1.29 is 4.21 Å². The highest BCUT2D eigenvalue weighted by atomic mass is 32.2. The lowest BCUT2D eigenvalue weighted by Crippen LogP contribution is -2.30. The molecule has 2 aliphatic heterocycles. The van der Waals surface area contributed by atoms with E-state index in [2.05, 4.69) is 11.9 Å². The van der Waals surface area contributed by atoms with Crippen LogP contribution in [0.15, 0.2) is 0 Å². The van der Waals surface area contributed by atoms with Crippen molar-refractivity contribution in [1.82, 2.24) is 4.90 Å². The summed E-state index contributed by atoms with van der Waals surface area (Å²) in [5.74, 6) is 2.62. The molecule has 2 rings (SSSR count). The van der Waals surface area contributed by atoms with Crippen molar-refractivity contribution in [3.63, 3.8) is 0 Å². The molecule has 0 saturated carbocycles. The Morgan fingerprint density at radius 3 is 3.00 bits per heavy atom. The summed E-state index contributed by atoms with van der Waals surface area (Å²) in [4.78, 5) is 2.36. The highest BCUT2D eigenvalue weighted by Crippen LogP contribution is 2.27. The number of fused-ring (bicyclic) bond motifs is 2. The average molecular weight is 159 g/mol. The molecule has 0 N–H and O–H groups in total. The molecule has 10 heavy (non-hydrogen) atoms. The maximum absolute atomic E-state index is 11.2. The minimum absolute atomic E-state index is 0.500. The van der Waals surface area contributed by atoms with Crippen molar-refractivity contribution in [1.29, 1.82) is 0 Å². The summed E-state index contributed by atoms with van der Waals surface area (Å²) in [6.45, 7) is 1.18. The van der Waals surface area contributed by atoms with Gasteiger partial charge in [0.05, 0.1) is 0 Å². The maximum Gasteiger partial charge on any atom is 0.0391 e. The van der Waals surface area contributed by atoms with Crippen molar-refractivity contribution >= 4 is 10.8 Å². The molecule has 0 amide bonds. The van der Waals surface area contributed by atoms with E-state index in [1.165, 1.54) is 13.0 Å². The summed E-state index contributed by atoms with van der Waals surface area (Å²) in [6, 6.07) is 0.639. The van der Waals surface area contributed by atoms with Gasteiger partial charge in [-0.1, -0.05) is 0 Å². The van der Waals surface area contributed by atoms with Gasteiger partial charge >= 0.3 is 0 Å². The SMILES string of the molecule is CN1CC2CC1CS(=O)C2. The van der Waals surface area contributed by atoms with Crippen molar-refractivity contribution in [3.8, 4) is 0 Å². The first-order valence-corrected chi connectivity index (χ1v) is 5.29. The van der Waals surface area contributed by atoms with E-state index in [9.17, 15) is 4.21 Å². The van der Waals surface area contributed by atoms with Crippen LogP contribution in [0.5, 0.6) is 0 Å². The first-order chi connectivity index (χ1) is 4.75. The van der Waals surface area contributed by atoms with E-state index in [0.717, 1.165) is 17.4 Å². The lowest BCUT2D eigenvalue weighted by molar-refractivity contribution is 0.333. The minimum Gasteiger partial charge on any atom is -0.302 e. The van der Waals surface area contributed by atoms with Gasteiger partial charge in [-0.3, -0.25) is 4.21 Å². The van der Waals surface area contributed by atoms with Crippen LogP contribution in [0.1, 0.15) is 6.42 Å². The van der Waals surface area contributed by atoms with E-state index >= 15 is 0 Å². The van der Waals surface area contributed by atoms with Crippen LogP contribution in [-0.2, 0) is 10.8 Å². The molecule has 2 nitrogen and oxygen atoms in total. The molecule has 2 bridgehead atoms. The van der Waals surface area contributed by atoms with Crippen LogP contribution in [-0.4, -0.2) is 40.2 Å². The second-order valence-electron chi connectivity index (χ2n) is 3.47. The van der Waals surface area contributed by atoms with E-state index in [-0.39, 0.29) is 0 Å². The summed E-state index contributed by atoms with van der Waals surface area (Å²) in [6.07, 6.45) is 1.29. The first-order valence-electron chi connectivity index (χ1n) is 3.81. The van der Waals surface area contributed by atoms with E-state index in [1.54, 1.807) is 0 Å². The number of likely N-dealkylation sites (tertiary alicyclic amines) is 1. The second kappa shape index (κ2) is 2.31. The van der Waals surface area contributed by atoms with Crippen molar-refractivity contribution in [2.45, 2.75) is 12.5 Å². The van der Waals surface area contributed by atoms with Gasteiger partial charge < -0.3 is 4.90 Å². The molecular weight excluding hydrogens is 146 g/mol. The highest BCUT2D eigenvalue weighted by molar-refractivity contribution is 7.85. The van der Waals surface area contributed by atoms with Crippen molar-refractivity contribution in [3.05, 3.63) is 0 Å². The average Bonchev–Trinajstić information content (AvgIpc) is 2.07. The van der Waals surface area contributed by atoms with Crippen LogP contribution in [0.25, 0.3) is 0 Å². The van der Waals surface area contributed by atoms with E-state index < -0.39 is 10.8 Å². The van der Waals surface area contributed by atoms with Crippen LogP contribution in [0.2, 0.25) is 0 Å². The Bertz CT molecular complexity index is 169. The number of nitrogens with zero attached hydrogens (tertiary/aromatic N) is 1. The molecule has 0 aromatic carbocycles. The zero-order valence-electron chi connectivity index (χ0n) is 6.25. The molecule has 0 spiro atoms. The Morgan fingerprint density at radius 1 is 1.50 bits per heavy atom. The van der Waals surface area contributed by atoms with Gasteiger partial charge in [-0.05, 0) is 19.4 Å². The normalized spacial score (nSPS) is 47.9. The number of hydrogen-bond donors (Lipinski definition) is 0. The molecule has 2 saturated heterocycles. The summed E-state index contributed by atoms with van der Waals surface area (Å²) >= 11 is 0. The quantitative estimate of drug-likeness (QED) is 0.498. The Labute approximate surface area is 64.1 Å². The highest BCUT2D eigenvalue weighted by Gasteiger charge is 2.35. The van der Waals surface area contributed by atoms with Gasteiger partial charge in [0, 0.05) is 34.9 Å². The molecule has 2 fully saturated rings. The fraction of sp³-hybridized carbons (Fsp3) is 1.00. The number of rotatable bonds is 0. The molecule has 3 unspecified atom stereocenters. The van der Waals surface area contributed by atoms with Gasteiger partial charge in [-0.25, -0.2) is 0 Å². The van der Waals surface area contributed by atoms with Gasteiger partial charge in [-0.2, -0.15) is 0 Å². The van der Waals surface area contributed by atoms with Gasteiger partial charge in [0.1, 0.15) is 0 Å². The van der Waals surface area contributed by atoms with Crippen LogP contribution in [0.3, 0.4) is 0 Å². The monoisotopic (exact) mass is 159 g/mol. The van der Waals surface area contributed by atoms with Crippen molar-refractivity contribution in [2.75, 3.05) is 25.1 Å². The van der Waals surface area contributed by atoms with Gasteiger partial charge in [0.25, 0.3) is 0 Å². The minimum atomic E-state index is -0.500. The molecule has 58 valence electrons.